The van der Waals surface area contributed by atoms with Crippen LogP contribution in [-0.2, 0) is 15.6 Å². The van der Waals surface area contributed by atoms with Crippen molar-refractivity contribution in [3.8, 4) is 0 Å². The summed E-state index contributed by atoms with van der Waals surface area (Å²) in [6.45, 7) is 4.61. The molecule has 0 bridgehead atoms. The van der Waals surface area contributed by atoms with Gasteiger partial charge in [-0.25, -0.2) is 8.42 Å². The maximum Gasteiger partial charge on any atom is 0.156 e. The predicted molar refractivity (Wildman–Crippen MR) is 73.0 cm³/mol. The van der Waals surface area contributed by atoms with Crippen molar-refractivity contribution in [1.82, 2.24) is 9.78 Å². The van der Waals surface area contributed by atoms with Gasteiger partial charge in [0.2, 0.25) is 0 Å². The molecule has 0 unspecified atom stereocenters. The van der Waals surface area contributed by atoms with E-state index >= 15 is 0 Å². The van der Waals surface area contributed by atoms with Gasteiger partial charge in [0.15, 0.2) is 9.84 Å². The molecular formula is C12H23N3O2S. The Hall–Kier alpha value is -0.880. The lowest BCUT2D eigenvalue weighted by atomic mass is 10.2. The van der Waals surface area contributed by atoms with Gasteiger partial charge in [0, 0.05) is 6.20 Å². The summed E-state index contributed by atoms with van der Waals surface area (Å²) in [6.07, 6.45) is 4.37. The lowest BCUT2D eigenvalue weighted by molar-refractivity contribution is 0.426. The fourth-order valence-electron chi connectivity index (χ4n) is 1.92. The van der Waals surface area contributed by atoms with Gasteiger partial charge in [-0.15, -0.1) is 0 Å². The van der Waals surface area contributed by atoms with Crippen molar-refractivity contribution in [2.45, 2.75) is 44.9 Å². The molecule has 0 aliphatic rings. The highest BCUT2D eigenvalue weighted by molar-refractivity contribution is 7.90. The summed E-state index contributed by atoms with van der Waals surface area (Å²) in [5.74, 6) is 0.154. The number of nitrogens with two attached hydrogens (primary N) is 1. The van der Waals surface area contributed by atoms with Gasteiger partial charge in [0.05, 0.1) is 23.2 Å². The Kier molecular flexibility index (Phi) is 5.81. The second-order valence-electron chi connectivity index (χ2n) is 4.49. The molecule has 1 heterocycles. The van der Waals surface area contributed by atoms with Gasteiger partial charge < -0.3 is 5.73 Å². The van der Waals surface area contributed by atoms with Gasteiger partial charge in [-0.05, 0) is 31.9 Å². The Morgan fingerprint density at radius 3 is 2.61 bits per heavy atom. The minimum absolute atomic E-state index is 0.0140. The summed E-state index contributed by atoms with van der Waals surface area (Å²) < 4.78 is 25.4. The smallest absolute Gasteiger partial charge is 0.156 e. The van der Waals surface area contributed by atoms with Crippen LogP contribution in [0.1, 0.15) is 44.8 Å². The summed E-state index contributed by atoms with van der Waals surface area (Å²) in [7, 11) is -3.08. The second-order valence-corrected chi connectivity index (χ2v) is 6.68. The predicted octanol–water partition coefficient (Wildman–Crippen LogP) is 1.51. The highest BCUT2D eigenvalue weighted by atomic mass is 32.2. The average Bonchev–Trinajstić information content (AvgIpc) is 2.76. The van der Waals surface area contributed by atoms with Crippen molar-refractivity contribution in [2.24, 2.45) is 5.73 Å². The van der Waals surface area contributed by atoms with Crippen LogP contribution >= 0.6 is 0 Å². The van der Waals surface area contributed by atoms with E-state index in [1.165, 1.54) is 0 Å². The molecule has 0 spiro atoms. The van der Waals surface area contributed by atoms with Crippen molar-refractivity contribution in [1.29, 1.82) is 0 Å². The number of hydrogen-bond acceptors (Lipinski definition) is 4. The zero-order chi connectivity index (χ0) is 13.6. The third kappa shape index (κ3) is 4.42. The number of sulfone groups is 1. The van der Waals surface area contributed by atoms with Crippen molar-refractivity contribution in [3.63, 3.8) is 0 Å². The van der Waals surface area contributed by atoms with Crippen LogP contribution in [-0.4, -0.2) is 30.5 Å². The van der Waals surface area contributed by atoms with Crippen LogP contribution in [0.15, 0.2) is 12.3 Å². The third-order valence-electron chi connectivity index (χ3n) is 3.01. The quantitative estimate of drug-likeness (QED) is 0.778. The molecule has 0 radical (unpaired) electrons. The van der Waals surface area contributed by atoms with Gasteiger partial charge in [-0.3, -0.25) is 4.68 Å². The van der Waals surface area contributed by atoms with Crippen molar-refractivity contribution >= 4 is 9.84 Å². The third-order valence-corrected chi connectivity index (χ3v) is 4.65. The van der Waals surface area contributed by atoms with E-state index in [2.05, 4.69) is 18.9 Å². The van der Waals surface area contributed by atoms with Gasteiger partial charge in [0.1, 0.15) is 0 Å². The van der Waals surface area contributed by atoms with Gasteiger partial charge in [-0.1, -0.05) is 13.8 Å². The highest BCUT2D eigenvalue weighted by Gasteiger charge is 2.15. The number of rotatable bonds is 8. The first kappa shape index (κ1) is 15.2. The second kappa shape index (κ2) is 6.89. The van der Waals surface area contributed by atoms with E-state index in [0.717, 1.165) is 12.8 Å². The minimum Gasteiger partial charge on any atom is -0.330 e. The SMILES string of the molecule is CCC(CC)n1ccc(CS(=O)(=O)CCCN)n1. The van der Waals surface area contributed by atoms with E-state index in [0.29, 0.717) is 24.7 Å². The number of nitrogens with zero attached hydrogens (tertiary/aromatic N) is 2. The molecule has 0 saturated carbocycles. The molecule has 0 amide bonds. The van der Waals surface area contributed by atoms with Crippen LogP contribution in [0, 0.1) is 0 Å². The molecule has 5 nitrogen and oxygen atoms in total. The van der Waals surface area contributed by atoms with Crippen molar-refractivity contribution in [2.75, 3.05) is 12.3 Å². The Balaban J connectivity index is 2.69. The summed E-state index contributed by atoms with van der Waals surface area (Å²) in [6, 6.07) is 2.14. The summed E-state index contributed by atoms with van der Waals surface area (Å²) in [5, 5.41) is 4.35. The van der Waals surface area contributed by atoms with Crippen LogP contribution in [0.3, 0.4) is 0 Å². The normalized spacial score (nSPS) is 12.2. The fraction of sp³-hybridized carbons (Fsp3) is 0.750. The van der Waals surface area contributed by atoms with E-state index in [4.69, 9.17) is 5.73 Å². The molecule has 1 aromatic rings. The Labute approximate surface area is 109 Å². The summed E-state index contributed by atoms with van der Waals surface area (Å²) >= 11 is 0. The maximum atomic E-state index is 11.8. The van der Waals surface area contributed by atoms with Crippen molar-refractivity contribution < 1.29 is 8.42 Å². The van der Waals surface area contributed by atoms with Crippen LogP contribution in [0.25, 0.3) is 0 Å². The molecular weight excluding hydrogens is 250 g/mol. The lowest BCUT2D eigenvalue weighted by Gasteiger charge is -2.12. The molecule has 0 atom stereocenters. The van der Waals surface area contributed by atoms with E-state index in [1.54, 1.807) is 6.07 Å². The summed E-state index contributed by atoms with van der Waals surface area (Å²) in [4.78, 5) is 0. The molecule has 0 saturated heterocycles. The molecule has 0 aromatic carbocycles. The highest BCUT2D eigenvalue weighted by Crippen LogP contribution is 2.15. The zero-order valence-corrected chi connectivity index (χ0v) is 12.0. The zero-order valence-electron chi connectivity index (χ0n) is 11.2. The molecule has 1 rings (SSSR count). The molecule has 6 heteroatoms. The monoisotopic (exact) mass is 273 g/mol. The summed E-state index contributed by atoms with van der Waals surface area (Å²) in [5.41, 5.74) is 5.95. The van der Waals surface area contributed by atoms with E-state index in [-0.39, 0.29) is 11.5 Å². The molecule has 0 fully saturated rings. The molecule has 2 N–H and O–H groups in total. The Morgan fingerprint density at radius 1 is 1.39 bits per heavy atom. The van der Waals surface area contributed by atoms with Crippen LogP contribution in [0.2, 0.25) is 0 Å². The number of aromatic nitrogens is 2. The van der Waals surface area contributed by atoms with Gasteiger partial charge in [0.25, 0.3) is 0 Å². The Bertz CT molecular complexity index is 450. The maximum absolute atomic E-state index is 11.8. The van der Waals surface area contributed by atoms with Gasteiger partial charge >= 0.3 is 0 Å². The van der Waals surface area contributed by atoms with Gasteiger partial charge in [-0.2, -0.15) is 5.10 Å². The van der Waals surface area contributed by atoms with E-state index in [1.807, 2.05) is 10.9 Å². The largest absolute Gasteiger partial charge is 0.330 e. The molecule has 0 aliphatic heterocycles. The Morgan fingerprint density at radius 2 is 2.06 bits per heavy atom. The fourth-order valence-corrected chi connectivity index (χ4v) is 3.28. The standard InChI is InChI=1S/C12H23N3O2S/c1-3-12(4-2)15-8-6-11(14-15)10-18(16,17)9-5-7-13/h6,8,12H,3-5,7,9-10,13H2,1-2H3. The first-order chi connectivity index (χ1) is 8.52. The van der Waals surface area contributed by atoms with E-state index < -0.39 is 9.84 Å². The van der Waals surface area contributed by atoms with E-state index in [9.17, 15) is 8.42 Å². The topological polar surface area (TPSA) is 78.0 Å². The number of hydrogen-bond donors (Lipinski definition) is 1. The first-order valence-electron chi connectivity index (χ1n) is 6.47. The van der Waals surface area contributed by atoms with Crippen LogP contribution < -0.4 is 5.73 Å². The van der Waals surface area contributed by atoms with Crippen LogP contribution in [0.4, 0.5) is 0 Å². The first-order valence-corrected chi connectivity index (χ1v) is 8.29. The van der Waals surface area contributed by atoms with Crippen molar-refractivity contribution in [3.05, 3.63) is 18.0 Å². The molecule has 104 valence electrons. The average molecular weight is 273 g/mol. The van der Waals surface area contributed by atoms with Crippen LogP contribution in [0.5, 0.6) is 0 Å². The minimum atomic E-state index is -3.08. The molecule has 1 aromatic heterocycles. The molecule has 18 heavy (non-hydrogen) atoms. The lowest BCUT2D eigenvalue weighted by Crippen LogP contribution is -2.14. The molecule has 0 aliphatic carbocycles.